The van der Waals surface area contributed by atoms with Crippen molar-refractivity contribution in [2.45, 2.75) is 39.3 Å². The fourth-order valence-electron chi connectivity index (χ4n) is 4.88. The highest BCUT2D eigenvalue weighted by Crippen LogP contribution is 2.44. The van der Waals surface area contributed by atoms with Crippen molar-refractivity contribution >= 4 is 5.88 Å². The summed E-state index contributed by atoms with van der Waals surface area (Å²) in [6.07, 6.45) is 1.08. The quantitative estimate of drug-likeness (QED) is 0.315. The molecule has 6 heteroatoms. The van der Waals surface area contributed by atoms with Gasteiger partial charge in [0, 0.05) is 38.3 Å². The van der Waals surface area contributed by atoms with Crippen molar-refractivity contribution in [2.75, 3.05) is 18.9 Å². The number of phenolic OH excluding ortho intramolecular Hbond substituents is 2. The Hall–Kier alpha value is -3.77. The smallest absolute Gasteiger partial charge is 0.232 e. The molecular formula is C29H31N3O3. The summed E-state index contributed by atoms with van der Waals surface area (Å²) in [6, 6.07) is 20.3. The second kappa shape index (κ2) is 9.47. The molecule has 0 amide bonds. The fraction of sp³-hybridized carbons (Fsp3) is 0.276. The highest BCUT2D eigenvalue weighted by Gasteiger charge is 2.23. The van der Waals surface area contributed by atoms with Gasteiger partial charge in [-0.3, -0.25) is 4.90 Å². The monoisotopic (exact) mass is 469 g/mol. The Morgan fingerprint density at radius 1 is 1.00 bits per heavy atom. The molecular weight excluding hydrogens is 438 g/mol. The SMILES string of the molecule is CNc1onc(-c2cc(C(C)C)c(O)cc2O)c1-c1ccc(CN2CCc3ccccc3C2)cc1. The van der Waals surface area contributed by atoms with E-state index in [1.807, 2.05) is 13.8 Å². The molecule has 0 saturated heterocycles. The van der Waals surface area contributed by atoms with Gasteiger partial charge in [0.05, 0.1) is 5.56 Å². The third-order valence-corrected chi connectivity index (χ3v) is 6.80. The molecule has 6 nitrogen and oxygen atoms in total. The summed E-state index contributed by atoms with van der Waals surface area (Å²) < 4.78 is 5.58. The predicted octanol–water partition coefficient (Wildman–Crippen LogP) is 6.14. The highest BCUT2D eigenvalue weighted by atomic mass is 16.5. The Labute approximate surface area is 205 Å². The predicted molar refractivity (Wildman–Crippen MR) is 139 cm³/mol. The summed E-state index contributed by atoms with van der Waals surface area (Å²) in [5.41, 5.74) is 7.65. The van der Waals surface area contributed by atoms with Crippen molar-refractivity contribution in [1.82, 2.24) is 10.1 Å². The molecule has 0 fully saturated rings. The van der Waals surface area contributed by atoms with E-state index in [2.05, 4.69) is 63.9 Å². The zero-order valence-electron chi connectivity index (χ0n) is 20.4. The molecule has 180 valence electrons. The van der Waals surface area contributed by atoms with Crippen molar-refractivity contribution < 1.29 is 14.7 Å². The molecule has 2 heterocycles. The van der Waals surface area contributed by atoms with Gasteiger partial charge >= 0.3 is 0 Å². The number of nitrogens with one attached hydrogen (secondary N) is 1. The van der Waals surface area contributed by atoms with Crippen molar-refractivity contribution in [3.63, 3.8) is 0 Å². The summed E-state index contributed by atoms with van der Waals surface area (Å²) in [4.78, 5) is 2.48. The molecule has 4 aromatic rings. The minimum absolute atomic E-state index is 0.0360. The van der Waals surface area contributed by atoms with E-state index in [9.17, 15) is 10.2 Å². The summed E-state index contributed by atoms with van der Waals surface area (Å²) in [7, 11) is 1.78. The van der Waals surface area contributed by atoms with Crippen LogP contribution in [0.25, 0.3) is 22.4 Å². The maximum atomic E-state index is 10.6. The van der Waals surface area contributed by atoms with Crippen LogP contribution in [0.4, 0.5) is 5.88 Å². The minimum atomic E-state index is -0.0360. The van der Waals surface area contributed by atoms with Crippen LogP contribution in [0.5, 0.6) is 11.5 Å². The van der Waals surface area contributed by atoms with Crippen LogP contribution >= 0.6 is 0 Å². The lowest BCUT2D eigenvalue weighted by Crippen LogP contribution is -2.29. The van der Waals surface area contributed by atoms with Crippen LogP contribution in [0.3, 0.4) is 0 Å². The Morgan fingerprint density at radius 2 is 1.74 bits per heavy atom. The van der Waals surface area contributed by atoms with Crippen LogP contribution in [-0.4, -0.2) is 33.9 Å². The molecule has 0 aliphatic carbocycles. The molecule has 0 unspecified atom stereocenters. The number of rotatable bonds is 6. The number of hydrogen-bond donors (Lipinski definition) is 3. The van der Waals surface area contributed by atoms with Gasteiger partial charge in [0.15, 0.2) is 0 Å². The first kappa shape index (κ1) is 23.0. The van der Waals surface area contributed by atoms with Crippen LogP contribution in [0.2, 0.25) is 0 Å². The van der Waals surface area contributed by atoms with Gasteiger partial charge in [-0.15, -0.1) is 0 Å². The number of aromatic nitrogens is 1. The van der Waals surface area contributed by atoms with Crippen molar-refractivity contribution in [3.05, 3.63) is 82.9 Å². The van der Waals surface area contributed by atoms with E-state index in [0.29, 0.717) is 17.1 Å². The van der Waals surface area contributed by atoms with Gasteiger partial charge in [-0.1, -0.05) is 67.5 Å². The van der Waals surface area contributed by atoms with Gasteiger partial charge in [-0.25, -0.2) is 0 Å². The second-order valence-corrected chi connectivity index (χ2v) is 9.49. The van der Waals surface area contributed by atoms with Gasteiger partial charge in [-0.05, 0) is 46.2 Å². The number of aromatic hydroxyl groups is 2. The standard InChI is InChI=1S/C29H31N3O3/c1-18(2)23-14-24(26(34)15-25(23)33)28-27(29(30-3)35-31-28)21-10-8-19(9-11-21)16-32-13-12-20-6-4-5-7-22(20)17-32/h4-11,14-15,18,30,33-34H,12-13,16-17H2,1-3H3. The molecule has 35 heavy (non-hydrogen) atoms. The number of fused-ring (bicyclic) bond motifs is 1. The Morgan fingerprint density at radius 3 is 2.46 bits per heavy atom. The van der Waals surface area contributed by atoms with E-state index in [0.717, 1.165) is 42.7 Å². The zero-order valence-corrected chi connectivity index (χ0v) is 20.4. The van der Waals surface area contributed by atoms with Gasteiger partial charge in [-0.2, -0.15) is 0 Å². The minimum Gasteiger partial charge on any atom is -0.508 e. The maximum Gasteiger partial charge on any atom is 0.232 e. The van der Waals surface area contributed by atoms with Crippen LogP contribution in [0, 0.1) is 0 Å². The van der Waals surface area contributed by atoms with E-state index in [-0.39, 0.29) is 17.4 Å². The first-order valence-electron chi connectivity index (χ1n) is 12.1. The highest BCUT2D eigenvalue weighted by molar-refractivity contribution is 5.90. The lowest BCUT2D eigenvalue weighted by Gasteiger charge is -2.28. The molecule has 0 spiro atoms. The Bertz CT molecular complexity index is 1340. The summed E-state index contributed by atoms with van der Waals surface area (Å²) in [6.45, 7) is 6.91. The normalized spacial score (nSPS) is 13.7. The first-order valence-corrected chi connectivity index (χ1v) is 12.1. The van der Waals surface area contributed by atoms with Crippen LogP contribution < -0.4 is 5.32 Å². The zero-order chi connectivity index (χ0) is 24.5. The molecule has 0 radical (unpaired) electrons. The van der Waals surface area contributed by atoms with Crippen molar-refractivity contribution in [3.8, 4) is 33.9 Å². The number of hydrogen-bond acceptors (Lipinski definition) is 6. The van der Waals surface area contributed by atoms with E-state index in [1.165, 1.54) is 22.8 Å². The number of phenols is 2. The molecule has 3 N–H and O–H groups in total. The molecule has 3 aromatic carbocycles. The van der Waals surface area contributed by atoms with E-state index >= 15 is 0 Å². The first-order chi connectivity index (χ1) is 16.9. The Kier molecular flexibility index (Phi) is 6.22. The maximum absolute atomic E-state index is 10.6. The van der Waals surface area contributed by atoms with E-state index in [4.69, 9.17) is 4.52 Å². The summed E-state index contributed by atoms with van der Waals surface area (Å²) in [5.74, 6) is 0.657. The van der Waals surface area contributed by atoms with Gasteiger partial charge in [0.1, 0.15) is 17.2 Å². The molecule has 1 aromatic heterocycles. The third-order valence-electron chi connectivity index (χ3n) is 6.80. The van der Waals surface area contributed by atoms with Crippen LogP contribution in [-0.2, 0) is 19.5 Å². The molecule has 5 rings (SSSR count). The van der Waals surface area contributed by atoms with Crippen LogP contribution in [0.15, 0.2) is 65.2 Å². The average molecular weight is 470 g/mol. The van der Waals surface area contributed by atoms with Gasteiger partial charge in [0.25, 0.3) is 0 Å². The molecule has 0 saturated carbocycles. The largest absolute Gasteiger partial charge is 0.508 e. The third kappa shape index (κ3) is 4.49. The topological polar surface area (TPSA) is 81.8 Å². The Balaban J connectivity index is 1.44. The number of benzene rings is 3. The fourth-order valence-corrected chi connectivity index (χ4v) is 4.88. The van der Waals surface area contributed by atoms with Crippen molar-refractivity contribution in [1.29, 1.82) is 0 Å². The summed E-state index contributed by atoms with van der Waals surface area (Å²) >= 11 is 0. The van der Waals surface area contributed by atoms with E-state index < -0.39 is 0 Å². The molecule has 0 atom stereocenters. The van der Waals surface area contributed by atoms with Crippen molar-refractivity contribution in [2.24, 2.45) is 0 Å². The van der Waals surface area contributed by atoms with Crippen LogP contribution in [0.1, 0.15) is 42.0 Å². The van der Waals surface area contributed by atoms with Gasteiger partial charge < -0.3 is 20.1 Å². The average Bonchev–Trinajstić information content (AvgIpc) is 3.28. The van der Waals surface area contributed by atoms with Gasteiger partial charge in [0.2, 0.25) is 5.88 Å². The molecule has 1 aliphatic rings. The molecule has 0 bridgehead atoms. The molecule has 1 aliphatic heterocycles. The lowest BCUT2D eigenvalue weighted by molar-refractivity contribution is 0.245. The number of anilines is 1. The van der Waals surface area contributed by atoms with E-state index in [1.54, 1.807) is 13.1 Å². The lowest BCUT2D eigenvalue weighted by atomic mass is 9.94. The summed E-state index contributed by atoms with van der Waals surface area (Å²) in [5, 5.41) is 28.3. The number of nitrogens with zero attached hydrogens (tertiary/aromatic N) is 2. The second-order valence-electron chi connectivity index (χ2n) is 9.49.